The van der Waals surface area contributed by atoms with Crippen LogP contribution in [0, 0.1) is 0 Å². The third-order valence-electron chi connectivity index (χ3n) is 2.58. The third kappa shape index (κ3) is 2.59. The van der Waals surface area contributed by atoms with Crippen LogP contribution in [0.15, 0.2) is 24.0 Å². The molecule has 1 saturated heterocycles. The Morgan fingerprint density at radius 1 is 1.31 bits per heavy atom. The normalized spacial score (nSPS) is 24.2. The van der Waals surface area contributed by atoms with Crippen molar-refractivity contribution < 1.29 is 4.74 Å². The van der Waals surface area contributed by atoms with Crippen LogP contribution in [-0.4, -0.2) is 19.2 Å². The minimum atomic E-state index is 0.457. The van der Waals surface area contributed by atoms with Crippen LogP contribution >= 0.6 is 0 Å². The summed E-state index contributed by atoms with van der Waals surface area (Å²) in [5.74, 6) is 1.18. The number of hydrogen-bond donors (Lipinski definition) is 1. The van der Waals surface area contributed by atoms with Crippen LogP contribution in [0.3, 0.4) is 0 Å². The van der Waals surface area contributed by atoms with E-state index in [9.17, 15) is 0 Å². The van der Waals surface area contributed by atoms with Gasteiger partial charge in [-0.15, -0.1) is 0 Å². The smallest absolute Gasteiger partial charge is 0.101 e. The van der Waals surface area contributed by atoms with E-state index in [-0.39, 0.29) is 0 Å². The van der Waals surface area contributed by atoms with Crippen LogP contribution in [-0.2, 0) is 4.74 Å². The van der Waals surface area contributed by atoms with E-state index in [0.29, 0.717) is 6.10 Å². The first-order valence-electron chi connectivity index (χ1n) is 5.18. The molecule has 0 saturated carbocycles. The molecule has 2 rings (SSSR count). The zero-order valence-corrected chi connectivity index (χ0v) is 7.96. The predicted octanol–water partition coefficient (Wildman–Crippen LogP) is 1.99. The Morgan fingerprint density at radius 2 is 2.15 bits per heavy atom. The van der Waals surface area contributed by atoms with Crippen molar-refractivity contribution in [3.63, 3.8) is 0 Å². The first-order chi connectivity index (χ1) is 6.45. The molecule has 1 N–H and O–H groups in total. The molecule has 0 unspecified atom stereocenters. The summed E-state index contributed by atoms with van der Waals surface area (Å²) in [6.45, 7) is 2.21. The summed E-state index contributed by atoms with van der Waals surface area (Å²) in [7, 11) is 0. The van der Waals surface area contributed by atoms with Gasteiger partial charge >= 0.3 is 0 Å². The van der Waals surface area contributed by atoms with Crippen molar-refractivity contribution in [3.05, 3.63) is 24.0 Å². The zero-order valence-electron chi connectivity index (χ0n) is 7.96. The molecular weight excluding hydrogens is 162 g/mol. The first kappa shape index (κ1) is 8.82. The summed E-state index contributed by atoms with van der Waals surface area (Å²) in [6.07, 6.45) is 11.4. The van der Waals surface area contributed by atoms with Gasteiger partial charge in [0.2, 0.25) is 0 Å². The minimum Gasteiger partial charge on any atom is -0.495 e. The molecule has 0 aromatic carbocycles. The Morgan fingerprint density at radius 3 is 2.85 bits per heavy atom. The van der Waals surface area contributed by atoms with E-state index in [1.807, 2.05) is 0 Å². The molecule has 1 aliphatic heterocycles. The first-order valence-corrected chi connectivity index (χ1v) is 5.18. The van der Waals surface area contributed by atoms with E-state index in [1.165, 1.54) is 5.76 Å². The SMILES string of the molecule is C1=CCCC(OC2CCNCC2)=C1. The van der Waals surface area contributed by atoms with Gasteiger partial charge in [0.15, 0.2) is 0 Å². The molecule has 2 aliphatic rings. The van der Waals surface area contributed by atoms with Crippen molar-refractivity contribution in [1.82, 2.24) is 5.32 Å². The minimum absolute atomic E-state index is 0.457. The lowest BCUT2D eigenvalue weighted by atomic mass is 10.1. The van der Waals surface area contributed by atoms with E-state index < -0.39 is 0 Å². The highest BCUT2D eigenvalue weighted by Crippen LogP contribution is 2.18. The number of ether oxygens (including phenoxy) is 1. The summed E-state index contributed by atoms with van der Waals surface area (Å²) < 4.78 is 5.90. The van der Waals surface area contributed by atoms with Gasteiger partial charge in [0, 0.05) is 6.42 Å². The molecule has 1 aliphatic carbocycles. The van der Waals surface area contributed by atoms with Crippen molar-refractivity contribution in [1.29, 1.82) is 0 Å². The number of hydrogen-bond acceptors (Lipinski definition) is 2. The van der Waals surface area contributed by atoms with Gasteiger partial charge in [-0.25, -0.2) is 0 Å². The Bertz CT molecular complexity index is 214. The fourth-order valence-corrected chi connectivity index (χ4v) is 1.81. The van der Waals surface area contributed by atoms with Gasteiger partial charge in [-0.3, -0.25) is 0 Å². The fourth-order valence-electron chi connectivity index (χ4n) is 1.81. The maximum Gasteiger partial charge on any atom is 0.101 e. The van der Waals surface area contributed by atoms with Crippen LogP contribution in [0.5, 0.6) is 0 Å². The monoisotopic (exact) mass is 179 g/mol. The average Bonchev–Trinajstić information content (AvgIpc) is 2.21. The highest BCUT2D eigenvalue weighted by atomic mass is 16.5. The average molecular weight is 179 g/mol. The molecule has 0 bridgehead atoms. The molecule has 72 valence electrons. The number of piperidine rings is 1. The van der Waals surface area contributed by atoms with Crippen molar-refractivity contribution in [2.45, 2.75) is 31.8 Å². The van der Waals surface area contributed by atoms with Crippen LogP contribution in [0.1, 0.15) is 25.7 Å². The van der Waals surface area contributed by atoms with Gasteiger partial charge in [0.05, 0.1) is 5.76 Å². The largest absolute Gasteiger partial charge is 0.495 e. The Balaban J connectivity index is 1.82. The van der Waals surface area contributed by atoms with E-state index in [1.54, 1.807) is 0 Å². The number of allylic oxidation sites excluding steroid dienone is 4. The molecule has 2 nitrogen and oxygen atoms in total. The van der Waals surface area contributed by atoms with Crippen LogP contribution in [0.2, 0.25) is 0 Å². The van der Waals surface area contributed by atoms with E-state index >= 15 is 0 Å². The summed E-state index contributed by atoms with van der Waals surface area (Å²) in [5, 5.41) is 3.34. The van der Waals surface area contributed by atoms with Gasteiger partial charge in [-0.1, -0.05) is 12.2 Å². The molecule has 1 fully saturated rings. The third-order valence-corrected chi connectivity index (χ3v) is 2.58. The van der Waals surface area contributed by atoms with E-state index in [0.717, 1.165) is 38.8 Å². The molecular formula is C11H17NO. The van der Waals surface area contributed by atoms with Gasteiger partial charge in [0.25, 0.3) is 0 Å². The summed E-state index contributed by atoms with van der Waals surface area (Å²) in [6, 6.07) is 0. The molecule has 13 heavy (non-hydrogen) atoms. The van der Waals surface area contributed by atoms with Crippen LogP contribution in [0.4, 0.5) is 0 Å². The highest BCUT2D eigenvalue weighted by Gasteiger charge is 2.15. The Labute approximate surface area is 79.7 Å². The quantitative estimate of drug-likeness (QED) is 0.700. The summed E-state index contributed by atoms with van der Waals surface area (Å²) in [5.41, 5.74) is 0. The predicted molar refractivity (Wildman–Crippen MR) is 53.4 cm³/mol. The topological polar surface area (TPSA) is 21.3 Å². The lowest BCUT2D eigenvalue weighted by Gasteiger charge is -2.25. The maximum atomic E-state index is 5.90. The van der Waals surface area contributed by atoms with Gasteiger partial charge < -0.3 is 10.1 Å². The van der Waals surface area contributed by atoms with E-state index in [2.05, 4.69) is 23.5 Å². The number of rotatable bonds is 2. The fraction of sp³-hybridized carbons (Fsp3) is 0.636. The lowest BCUT2D eigenvalue weighted by molar-refractivity contribution is 0.0824. The molecule has 0 radical (unpaired) electrons. The van der Waals surface area contributed by atoms with Crippen molar-refractivity contribution >= 4 is 0 Å². The van der Waals surface area contributed by atoms with Crippen LogP contribution < -0.4 is 5.32 Å². The van der Waals surface area contributed by atoms with Crippen molar-refractivity contribution in [3.8, 4) is 0 Å². The maximum absolute atomic E-state index is 5.90. The van der Waals surface area contributed by atoms with Gasteiger partial charge in [-0.05, 0) is 38.4 Å². The molecule has 1 heterocycles. The molecule has 0 spiro atoms. The van der Waals surface area contributed by atoms with Gasteiger partial charge in [0.1, 0.15) is 6.10 Å². The molecule has 0 aromatic rings. The molecule has 0 atom stereocenters. The Hall–Kier alpha value is -0.760. The van der Waals surface area contributed by atoms with Gasteiger partial charge in [-0.2, -0.15) is 0 Å². The van der Waals surface area contributed by atoms with E-state index in [4.69, 9.17) is 4.74 Å². The summed E-state index contributed by atoms with van der Waals surface area (Å²) >= 11 is 0. The van der Waals surface area contributed by atoms with Crippen LogP contribution in [0.25, 0.3) is 0 Å². The second kappa shape index (κ2) is 4.47. The Kier molecular flexibility index (Phi) is 3.03. The summed E-state index contributed by atoms with van der Waals surface area (Å²) in [4.78, 5) is 0. The zero-order chi connectivity index (χ0) is 8.93. The molecule has 2 heteroatoms. The second-order valence-electron chi connectivity index (χ2n) is 3.67. The standard InChI is InChI=1S/C11H17NO/c1-2-4-10(5-3-1)13-11-6-8-12-9-7-11/h1-2,4,11-12H,3,5-9H2. The second-order valence-corrected chi connectivity index (χ2v) is 3.67. The number of nitrogens with one attached hydrogen (secondary N) is 1. The lowest BCUT2D eigenvalue weighted by Crippen LogP contribution is -2.32. The van der Waals surface area contributed by atoms with Crippen molar-refractivity contribution in [2.75, 3.05) is 13.1 Å². The molecule has 0 aromatic heterocycles. The van der Waals surface area contributed by atoms with Crippen molar-refractivity contribution in [2.24, 2.45) is 0 Å². The highest BCUT2D eigenvalue weighted by molar-refractivity contribution is 5.13. The molecule has 0 amide bonds.